The summed E-state index contributed by atoms with van der Waals surface area (Å²) in [5.74, 6) is -0.290. The summed E-state index contributed by atoms with van der Waals surface area (Å²) in [7, 11) is 0. The van der Waals surface area contributed by atoms with E-state index in [0.29, 0.717) is 6.61 Å². The maximum atomic E-state index is 13.4. The molecule has 0 aromatic heterocycles. The second-order valence-corrected chi connectivity index (χ2v) is 9.13. The molecule has 4 nitrogen and oxygen atoms in total. The van der Waals surface area contributed by atoms with Gasteiger partial charge in [-0.3, -0.25) is 0 Å². The number of rotatable bonds is 22. The van der Waals surface area contributed by atoms with Gasteiger partial charge in [0, 0.05) is 12.7 Å². The summed E-state index contributed by atoms with van der Waals surface area (Å²) in [6, 6.07) is 5.67. The molecule has 1 N–H and O–H groups in total. The fourth-order valence-electron chi connectivity index (χ4n) is 3.92. The van der Waals surface area contributed by atoms with Gasteiger partial charge in [0.25, 0.3) is 0 Å². The molecular weight excluding hydrogens is 417 g/mol. The lowest BCUT2D eigenvalue weighted by Gasteiger charge is -2.13. The zero-order valence-electron chi connectivity index (χ0n) is 20.8. The molecule has 1 aromatic rings. The molecule has 0 aliphatic rings. The van der Waals surface area contributed by atoms with Crippen molar-refractivity contribution in [3.05, 3.63) is 29.6 Å². The third-order valence-electron chi connectivity index (χ3n) is 5.90. The van der Waals surface area contributed by atoms with Crippen LogP contribution in [0.25, 0.3) is 0 Å². The number of ether oxygens (including phenoxy) is 2. The first kappa shape index (κ1) is 29.4. The van der Waals surface area contributed by atoms with Crippen molar-refractivity contribution in [2.75, 3.05) is 19.8 Å². The molecule has 0 fully saturated rings. The second-order valence-electron chi connectivity index (χ2n) is 9.13. The van der Waals surface area contributed by atoms with E-state index in [1.807, 2.05) is 6.07 Å². The zero-order valence-corrected chi connectivity index (χ0v) is 20.8. The highest BCUT2D eigenvalue weighted by Crippen LogP contribution is 2.16. The summed E-state index contributed by atoms with van der Waals surface area (Å²) >= 11 is 0. The molecule has 1 rings (SSSR count). The number of hydrogen-bond donors (Lipinski definition) is 1. The Morgan fingerprint density at radius 2 is 1.30 bits per heavy atom. The lowest BCUT2D eigenvalue weighted by Crippen LogP contribution is -2.23. The Labute approximate surface area is 201 Å². The third kappa shape index (κ3) is 17.5. The highest BCUT2D eigenvalue weighted by atomic mass is 19.1. The van der Waals surface area contributed by atoms with Gasteiger partial charge in [0.15, 0.2) is 0 Å². The Kier molecular flexibility index (Phi) is 18.6. The number of benzene rings is 1. The van der Waals surface area contributed by atoms with E-state index in [-0.39, 0.29) is 24.5 Å². The molecule has 188 valence electrons. The molecular formula is C28H46FNO3. The van der Waals surface area contributed by atoms with E-state index in [0.717, 1.165) is 18.9 Å². The van der Waals surface area contributed by atoms with Crippen molar-refractivity contribution >= 4 is 0 Å². The molecule has 1 atom stereocenters. The van der Waals surface area contributed by atoms with Crippen LogP contribution in [0.4, 0.5) is 4.39 Å². The van der Waals surface area contributed by atoms with Crippen molar-refractivity contribution in [3.8, 4) is 11.8 Å². The molecule has 0 saturated heterocycles. The van der Waals surface area contributed by atoms with Gasteiger partial charge in [-0.1, -0.05) is 103 Å². The van der Waals surface area contributed by atoms with Gasteiger partial charge in [0.1, 0.15) is 24.3 Å². The van der Waals surface area contributed by atoms with Crippen LogP contribution < -0.4 is 4.74 Å². The maximum absolute atomic E-state index is 13.4. The minimum absolute atomic E-state index is 0.00722. The monoisotopic (exact) mass is 463 g/mol. The van der Waals surface area contributed by atoms with Crippen LogP contribution in [0.2, 0.25) is 0 Å². The topological polar surface area (TPSA) is 62.5 Å². The van der Waals surface area contributed by atoms with Crippen molar-refractivity contribution in [1.29, 1.82) is 5.26 Å². The first-order valence-electron chi connectivity index (χ1n) is 13.2. The van der Waals surface area contributed by atoms with Crippen molar-refractivity contribution in [3.63, 3.8) is 0 Å². The molecule has 1 aromatic carbocycles. The first-order chi connectivity index (χ1) is 16.2. The summed E-state index contributed by atoms with van der Waals surface area (Å²) in [6.07, 6.45) is 20.6. The Morgan fingerprint density at radius 1 is 0.788 bits per heavy atom. The predicted molar refractivity (Wildman–Crippen MR) is 133 cm³/mol. The van der Waals surface area contributed by atoms with E-state index in [1.54, 1.807) is 0 Å². The highest BCUT2D eigenvalue weighted by molar-refractivity contribution is 5.37. The van der Waals surface area contributed by atoms with Crippen LogP contribution in [-0.2, 0) is 4.74 Å². The summed E-state index contributed by atoms with van der Waals surface area (Å²) in [4.78, 5) is 0. The molecule has 0 heterocycles. The van der Waals surface area contributed by atoms with Crippen molar-refractivity contribution in [1.82, 2.24) is 0 Å². The van der Waals surface area contributed by atoms with E-state index in [9.17, 15) is 9.50 Å². The van der Waals surface area contributed by atoms with Gasteiger partial charge < -0.3 is 14.6 Å². The maximum Gasteiger partial charge on any atom is 0.128 e. The Morgan fingerprint density at radius 3 is 1.82 bits per heavy atom. The number of unbranched alkanes of at least 4 members (excludes halogenated alkanes) is 15. The van der Waals surface area contributed by atoms with E-state index in [2.05, 4.69) is 6.92 Å². The molecule has 33 heavy (non-hydrogen) atoms. The summed E-state index contributed by atoms with van der Waals surface area (Å²) in [5.41, 5.74) is 0.194. The number of aliphatic hydroxyl groups is 1. The number of nitrogens with zero attached hydrogens (tertiary/aromatic N) is 1. The zero-order chi connectivity index (χ0) is 24.0. The van der Waals surface area contributed by atoms with Crippen LogP contribution in [0.5, 0.6) is 5.75 Å². The standard InChI is InChI=1S/C28H46FNO3/c1-2-3-4-5-6-7-8-9-10-11-12-13-14-15-16-17-18-32-23-27(31)24-33-28-20-25(22-30)19-26(29)21-28/h19-21,27,31H,2-18,23-24H2,1H3/t27-/m1/s1. The molecule has 0 saturated carbocycles. The number of halogens is 1. The highest BCUT2D eigenvalue weighted by Gasteiger charge is 2.07. The second kappa shape index (κ2) is 20.9. The van der Waals surface area contributed by atoms with Crippen molar-refractivity contribution in [2.24, 2.45) is 0 Å². The van der Waals surface area contributed by atoms with Crippen LogP contribution in [0.1, 0.15) is 115 Å². The average Bonchev–Trinajstić information content (AvgIpc) is 2.81. The molecule has 0 unspecified atom stereocenters. The normalized spacial score (nSPS) is 11.9. The fraction of sp³-hybridized carbons (Fsp3) is 0.750. The van der Waals surface area contributed by atoms with E-state index >= 15 is 0 Å². The molecule has 0 aliphatic carbocycles. The Bertz CT molecular complexity index is 632. The summed E-state index contributed by atoms with van der Waals surface area (Å²) in [5, 5.41) is 18.8. The Hall–Kier alpha value is -1.64. The quantitative estimate of drug-likeness (QED) is 0.179. The number of hydrogen-bond acceptors (Lipinski definition) is 4. The number of nitriles is 1. The molecule has 0 radical (unpaired) electrons. The average molecular weight is 464 g/mol. The van der Waals surface area contributed by atoms with Gasteiger partial charge in [0.05, 0.1) is 18.2 Å². The lowest BCUT2D eigenvalue weighted by molar-refractivity contribution is 0.0109. The largest absolute Gasteiger partial charge is 0.491 e. The Balaban J connectivity index is 1.83. The van der Waals surface area contributed by atoms with Crippen LogP contribution >= 0.6 is 0 Å². The molecule has 0 aliphatic heterocycles. The van der Waals surface area contributed by atoms with E-state index in [4.69, 9.17) is 14.7 Å². The minimum atomic E-state index is -0.778. The number of aliphatic hydroxyl groups excluding tert-OH is 1. The van der Waals surface area contributed by atoms with Crippen molar-refractivity contribution < 1.29 is 19.0 Å². The predicted octanol–water partition coefficient (Wildman–Crippen LogP) is 7.72. The van der Waals surface area contributed by atoms with Gasteiger partial charge in [-0.15, -0.1) is 0 Å². The van der Waals surface area contributed by atoms with Crippen molar-refractivity contribution in [2.45, 2.75) is 116 Å². The van der Waals surface area contributed by atoms with Gasteiger partial charge in [-0.25, -0.2) is 4.39 Å². The van der Waals surface area contributed by atoms with E-state index in [1.165, 1.54) is 102 Å². The van der Waals surface area contributed by atoms with E-state index < -0.39 is 11.9 Å². The molecule has 5 heteroatoms. The van der Waals surface area contributed by atoms with Crippen LogP contribution in [-0.4, -0.2) is 31.0 Å². The van der Waals surface area contributed by atoms with Gasteiger partial charge >= 0.3 is 0 Å². The SMILES string of the molecule is CCCCCCCCCCCCCCCCCCOC[C@@H](O)COc1cc(F)cc(C#N)c1. The minimum Gasteiger partial charge on any atom is -0.491 e. The van der Waals surface area contributed by atoms with Gasteiger partial charge in [-0.2, -0.15) is 5.26 Å². The van der Waals surface area contributed by atoms with Crippen LogP contribution in [0.15, 0.2) is 18.2 Å². The van der Waals surface area contributed by atoms with Crippen LogP contribution in [0.3, 0.4) is 0 Å². The first-order valence-corrected chi connectivity index (χ1v) is 13.2. The van der Waals surface area contributed by atoms with Gasteiger partial charge in [0.2, 0.25) is 0 Å². The molecule has 0 bridgehead atoms. The van der Waals surface area contributed by atoms with Crippen LogP contribution in [0, 0.1) is 17.1 Å². The lowest BCUT2D eigenvalue weighted by atomic mass is 10.0. The smallest absolute Gasteiger partial charge is 0.128 e. The third-order valence-corrected chi connectivity index (χ3v) is 5.90. The fourth-order valence-corrected chi connectivity index (χ4v) is 3.92. The summed E-state index contributed by atoms with van der Waals surface area (Å²) < 4.78 is 24.2. The molecule has 0 amide bonds. The molecule has 0 spiro atoms. The summed E-state index contributed by atoms with van der Waals surface area (Å²) in [6.45, 7) is 3.11. The van der Waals surface area contributed by atoms with Gasteiger partial charge in [-0.05, 0) is 18.6 Å².